The summed E-state index contributed by atoms with van der Waals surface area (Å²) in [5.74, 6) is -0.497. The fourth-order valence-corrected chi connectivity index (χ4v) is 4.17. The second-order valence-electron chi connectivity index (χ2n) is 8.23. The van der Waals surface area contributed by atoms with Crippen molar-refractivity contribution in [3.63, 3.8) is 0 Å². The van der Waals surface area contributed by atoms with Gasteiger partial charge in [-0.3, -0.25) is 19.4 Å². The van der Waals surface area contributed by atoms with E-state index < -0.39 is 6.04 Å². The minimum absolute atomic E-state index is 0.0759. The molecule has 154 valence electrons. The van der Waals surface area contributed by atoms with Crippen molar-refractivity contribution in [3.8, 4) is 0 Å². The highest BCUT2D eigenvalue weighted by Crippen LogP contribution is 2.41. The average Bonchev–Trinajstić information content (AvgIpc) is 3.69. The van der Waals surface area contributed by atoms with Crippen LogP contribution in [0.3, 0.4) is 0 Å². The van der Waals surface area contributed by atoms with Crippen LogP contribution in [0.1, 0.15) is 53.3 Å². The third-order valence-corrected chi connectivity index (χ3v) is 5.97. The molecule has 2 aliphatic carbocycles. The summed E-state index contributed by atoms with van der Waals surface area (Å²) in [6.45, 7) is 0.368. The molecule has 0 bridgehead atoms. The Morgan fingerprint density at radius 3 is 2.53 bits per heavy atom. The lowest BCUT2D eigenvalue weighted by Gasteiger charge is -2.26. The standard InChI is InChI=1S/C23H24N4O3/c28-20(26(16-8-9-16)14-15-5-3-4-12-24-15)13-25-22(29)21-18-6-1-2-7-19(18)23(30)27(21)17-10-11-17/h1-7,12,16-17,21H,8-11,13-14H2,(H,25,29). The predicted octanol–water partition coefficient (Wildman–Crippen LogP) is 2.05. The largest absolute Gasteiger partial charge is 0.345 e. The van der Waals surface area contributed by atoms with Gasteiger partial charge < -0.3 is 15.1 Å². The third-order valence-electron chi connectivity index (χ3n) is 5.97. The van der Waals surface area contributed by atoms with Crippen molar-refractivity contribution in [1.82, 2.24) is 20.1 Å². The van der Waals surface area contributed by atoms with E-state index in [1.807, 2.05) is 36.4 Å². The lowest BCUT2D eigenvalue weighted by Crippen LogP contribution is -2.45. The number of pyridine rings is 1. The second-order valence-corrected chi connectivity index (χ2v) is 8.23. The molecule has 0 spiro atoms. The molecule has 1 N–H and O–H groups in total. The zero-order chi connectivity index (χ0) is 20.7. The molecule has 2 heterocycles. The number of hydrogen-bond acceptors (Lipinski definition) is 4. The zero-order valence-electron chi connectivity index (χ0n) is 16.7. The number of hydrogen-bond donors (Lipinski definition) is 1. The summed E-state index contributed by atoms with van der Waals surface area (Å²) in [7, 11) is 0. The number of nitrogens with one attached hydrogen (secondary N) is 1. The van der Waals surface area contributed by atoms with Gasteiger partial charge in [-0.2, -0.15) is 0 Å². The Labute approximate surface area is 175 Å². The van der Waals surface area contributed by atoms with Gasteiger partial charge in [-0.25, -0.2) is 0 Å². The van der Waals surface area contributed by atoms with E-state index in [0.717, 1.165) is 36.9 Å². The highest BCUT2D eigenvalue weighted by molar-refractivity contribution is 6.05. The van der Waals surface area contributed by atoms with Crippen LogP contribution in [0.2, 0.25) is 0 Å². The molecule has 1 aromatic carbocycles. The van der Waals surface area contributed by atoms with Gasteiger partial charge in [-0.15, -0.1) is 0 Å². The minimum Gasteiger partial charge on any atom is -0.345 e. The molecule has 1 aliphatic heterocycles. The van der Waals surface area contributed by atoms with Gasteiger partial charge in [-0.1, -0.05) is 24.3 Å². The highest BCUT2D eigenvalue weighted by atomic mass is 16.2. The Morgan fingerprint density at radius 2 is 1.83 bits per heavy atom. The number of carbonyl (C=O) groups excluding carboxylic acids is 3. The molecule has 1 atom stereocenters. The Morgan fingerprint density at radius 1 is 1.07 bits per heavy atom. The molecule has 2 aromatic rings. The number of rotatable bonds is 7. The summed E-state index contributed by atoms with van der Waals surface area (Å²) in [4.78, 5) is 46.6. The maximum atomic E-state index is 13.1. The van der Waals surface area contributed by atoms with Gasteiger partial charge in [-0.05, 0) is 49.4 Å². The Balaban J connectivity index is 1.28. The van der Waals surface area contributed by atoms with Gasteiger partial charge in [0.15, 0.2) is 0 Å². The monoisotopic (exact) mass is 404 g/mol. The highest BCUT2D eigenvalue weighted by Gasteiger charge is 2.47. The van der Waals surface area contributed by atoms with E-state index in [9.17, 15) is 14.4 Å². The van der Waals surface area contributed by atoms with Crippen LogP contribution in [0, 0.1) is 0 Å². The normalized spacial score (nSPS) is 20.1. The van der Waals surface area contributed by atoms with Crippen molar-refractivity contribution in [2.45, 2.75) is 50.4 Å². The SMILES string of the molecule is O=C(NCC(=O)N(Cc1ccccn1)C1CC1)C1c2ccccc2C(=O)N1C1CC1. The van der Waals surface area contributed by atoms with Crippen LogP contribution >= 0.6 is 0 Å². The van der Waals surface area contributed by atoms with E-state index in [-0.39, 0.29) is 36.3 Å². The lowest BCUT2D eigenvalue weighted by atomic mass is 10.0. The van der Waals surface area contributed by atoms with E-state index in [1.54, 1.807) is 22.1 Å². The van der Waals surface area contributed by atoms with Crippen LogP contribution in [0.25, 0.3) is 0 Å². The van der Waals surface area contributed by atoms with Gasteiger partial charge in [0.25, 0.3) is 5.91 Å². The molecule has 0 radical (unpaired) electrons. The first-order chi connectivity index (χ1) is 14.6. The second kappa shape index (κ2) is 7.55. The van der Waals surface area contributed by atoms with Crippen LogP contribution in [0.5, 0.6) is 0 Å². The Kier molecular flexibility index (Phi) is 4.73. The number of amides is 3. The fraction of sp³-hybridized carbons (Fsp3) is 0.391. The fourth-order valence-electron chi connectivity index (χ4n) is 4.17. The van der Waals surface area contributed by atoms with Crippen molar-refractivity contribution in [2.24, 2.45) is 0 Å². The molecule has 1 unspecified atom stereocenters. The number of nitrogens with zero attached hydrogens (tertiary/aromatic N) is 3. The average molecular weight is 404 g/mol. The van der Waals surface area contributed by atoms with E-state index in [4.69, 9.17) is 0 Å². The maximum absolute atomic E-state index is 13.1. The Bertz CT molecular complexity index is 985. The summed E-state index contributed by atoms with van der Waals surface area (Å²) >= 11 is 0. The molecule has 2 fully saturated rings. The molecule has 2 saturated carbocycles. The molecule has 7 nitrogen and oxygen atoms in total. The Hall–Kier alpha value is -3.22. The van der Waals surface area contributed by atoms with Gasteiger partial charge in [0, 0.05) is 23.8 Å². The first-order valence-corrected chi connectivity index (χ1v) is 10.5. The summed E-state index contributed by atoms with van der Waals surface area (Å²) in [6, 6.07) is 12.6. The van der Waals surface area contributed by atoms with Crippen LogP contribution in [-0.4, -0.2) is 51.1 Å². The first-order valence-electron chi connectivity index (χ1n) is 10.5. The molecule has 0 saturated heterocycles. The topological polar surface area (TPSA) is 82.6 Å². The quantitative estimate of drug-likeness (QED) is 0.766. The summed E-state index contributed by atoms with van der Waals surface area (Å²) in [6.07, 6.45) is 5.51. The van der Waals surface area contributed by atoms with E-state index in [0.29, 0.717) is 12.1 Å². The molecule has 1 aromatic heterocycles. The molecule has 5 rings (SSSR count). The van der Waals surface area contributed by atoms with E-state index >= 15 is 0 Å². The molecular weight excluding hydrogens is 380 g/mol. The molecule has 30 heavy (non-hydrogen) atoms. The van der Waals surface area contributed by atoms with Gasteiger partial charge in [0.1, 0.15) is 6.04 Å². The molecule has 7 heteroatoms. The number of carbonyl (C=O) groups is 3. The summed E-state index contributed by atoms with van der Waals surface area (Å²) in [5, 5.41) is 2.80. The van der Waals surface area contributed by atoms with Gasteiger partial charge >= 0.3 is 0 Å². The lowest BCUT2D eigenvalue weighted by molar-refractivity contribution is -0.135. The van der Waals surface area contributed by atoms with Crippen molar-refractivity contribution in [1.29, 1.82) is 0 Å². The third kappa shape index (κ3) is 3.56. The van der Waals surface area contributed by atoms with Crippen LogP contribution in [0.4, 0.5) is 0 Å². The first kappa shape index (κ1) is 18.8. The van der Waals surface area contributed by atoms with Crippen LogP contribution < -0.4 is 5.32 Å². The number of aromatic nitrogens is 1. The van der Waals surface area contributed by atoms with Gasteiger partial charge in [0.05, 0.1) is 18.8 Å². The van der Waals surface area contributed by atoms with Crippen molar-refractivity contribution in [3.05, 3.63) is 65.5 Å². The minimum atomic E-state index is -0.654. The van der Waals surface area contributed by atoms with Crippen molar-refractivity contribution >= 4 is 17.7 Å². The van der Waals surface area contributed by atoms with E-state index in [1.165, 1.54) is 0 Å². The predicted molar refractivity (Wildman–Crippen MR) is 109 cm³/mol. The molecule has 3 aliphatic rings. The van der Waals surface area contributed by atoms with Crippen LogP contribution in [0.15, 0.2) is 48.7 Å². The van der Waals surface area contributed by atoms with E-state index in [2.05, 4.69) is 10.3 Å². The van der Waals surface area contributed by atoms with Crippen LogP contribution in [-0.2, 0) is 16.1 Å². The van der Waals surface area contributed by atoms with Gasteiger partial charge in [0.2, 0.25) is 11.8 Å². The smallest absolute Gasteiger partial charge is 0.255 e. The summed E-state index contributed by atoms with van der Waals surface area (Å²) < 4.78 is 0. The maximum Gasteiger partial charge on any atom is 0.255 e. The molecule has 3 amide bonds. The molecular formula is C23H24N4O3. The van der Waals surface area contributed by atoms with Crippen molar-refractivity contribution in [2.75, 3.05) is 6.54 Å². The number of fused-ring (bicyclic) bond motifs is 1. The number of benzene rings is 1. The summed E-state index contributed by atoms with van der Waals surface area (Å²) in [5.41, 5.74) is 2.15. The zero-order valence-corrected chi connectivity index (χ0v) is 16.7. The van der Waals surface area contributed by atoms with Crippen molar-refractivity contribution < 1.29 is 14.4 Å².